The van der Waals surface area contributed by atoms with Crippen LogP contribution in [0.1, 0.15) is 85.5 Å². The van der Waals surface area contributed by atoms with Crippen LogP contribution in [0.2, 0.25) is 0 Å². The zero-order valence-corrected chi connectivity index (χ0v) is 15.1. The normalized spacial score (nSPS) is 13.6. The maximum Gasteiger partial charge on any atom is 0.285 e. The summed E-state index contributed by atoms with van der Waals surface area (Å²) >= 11 is 0. The van der Waals surface area contributed by atoms with Gasteiger partial charge in [0.25, 0.3) is 5.97 Å². The second-order valence-corrected chi connectivity index (χ2v) is 5.96. The zero-order valence-electron chi connectivity index (χ0n) is 15.1. The first-order chi connectivity index (χ1) is 10.2. The number of unbranched alkanes of at least 4 members (excludes halogenated alkanes) is 5. The summed E-state index contributed by atoms with van der Waals surface area (Å²) in [6, 6.07) is 0. The van der Waals surface area contributed by atoms with E-state index in [1.165, 1.54) is 38.5 Å². The quantitative estimate of drug-likeness (QED) is 0.294. The van der Waals surface area contributed by atoms with Gasteiger partial charge in [-0.25, -0.2) is 0 Å². The van der Waals surface area contributed by atoms with Crippen molar-refractivity contribution in [2.75, 3.05) is 20.3 Å². The fourth-order valence-electron chi connectivity index (χ4n) is 2.54. The van der Waals surface area contributed by atoms with Crippen molar-refractivity contribution < 1.29 is 14.2 Å². The van der Waals surface area contributed by atoms with Crippen molar-refractivity contribution >= 4 is 0 Å². The Morgan fingerprint density at radius 2 is 1.29 bits per heavy atom. The van der Waals surface area contributed by atoms with E-state index < -0.39 is 5.97 Å². The lowest BCUT2D eigenvalue weighted by molar-refractivity contribution is -0.395. The van der Waals surface area contributed by atoms with E-state index in [1.54, 1.807) is 7.11 Å². The topological polar surface area (TPSA) is 27.7 Å². The monoisotopic (exact) mass is 302 g/mol. The molecule has 0 amide bonds. The lowest BCUT2D eigenvalue weighted by atomic mass is 9.99. The standard InChI is InChI=1S/C18H38O3/c1-6-9-10-11-12-13-14-17(4)18(19-5,20-15-7-2)21-16-8-3/h17H,6-16H2,1-5H3. The van der Waals surface area contributed by atoms with Crippen molar-refractivity contribution in [2.24, 2.45) is 5.92 Å². The molecule has 0 rings (SSSR count). The Kier molecular flexibility index (Phi) is 13.5. The Morgan fingerprint density at radius 1 is 0.762 bits per heavy atom. The molecule has 0 aromatic carbocycles. The first-order valence-corrected chi connectivity index (χ1v) is 8.99. The number of ether oxygens (including phenoxy) is 3. The van der Waals surface area contributed by atoms with Crippen LogP contribution in [-0.4, -0.2) is 26.3 Å². The maximum absolute atomic E-state index is 5.94. The van der Waals surface area contributed by atoms with Crippen LogP contribution in [0.3, 0.4) is 0 Å². The van der Waals surface area contributed by atoms with Crippen LogP contribution in [0.5, 0.6) is 0 Å². The summed E-state index contributed by atoms with van der Waals surface area (Å²) in [6.45, 7) is 10.0. The number of methoxy groups -OCH3 is 1. The van der Waals surface area contributed by atoms with E-state index in [0.29, 0.717) is 13.2 Å². The molecule has 0 heterocycles. The molecule has 0 N–H and O–H groups in total. The number of hydrogen-bond acceptors (Lipinski definition) is 3. The predicted molar refractivity (Wildman–Crippen MR) is 89.4 cm³/mol. The molecule has 0 aromatic heterocycles. The average molecular weight is 302 g/mol. The summed E-state index contributed by atoms with van der Waals surface area (Å²) < 4.78 is 17.5. The molecule has 0 fully saturated rings. The van der Waals surface area contributed by atoms with E-state index in [4.69, 9.17) is 14.2 Å². The Labute approximate surface area is 132 Å². The first kappa shape index (κ1) is 20.9. The zero-order chi connectivity index (χ0) is 16.0. The van der Waals surface area contributed by atoms with E-state index in [2.05, 4.69) is 27.7 Å². The molecule has 1 atom stereocenters. The average Bonchev–Trinajstić information content (AvgIpc) is 2.51. The maximum atomic E-state index is 5.94. The molecule has 0 radical (unpaired) electrons. The third kappa shape index (κ3) is 8.80. The second-order valence-electron chi connectivity index (χ2n) is 5.96. The van der Waals surface area contributed by atoms with Gasteiger partial charge in [-0.2, -0.15) is 0 Å². The molecule has 3 nitrogen and oxygen atoms in total. The summed E-state index contributed by atoms with van der Waals surface area (Å²) in [6.07, 6.45) is 10.9. The van der Waals surface area contributed by atoms with Gasteiger partial charge in [0.1, 0.15) is 0 Å². The summed E-state index contributed by atoms with van der Waals surface area (Å²) in [5.74, 6) is -0.595. The Balaban J connectivity index is 4.24. The molecule has 0 bridgehead atoms. The van der Waals surface area contributed by atoms with Gasteiger partial charge in [-0.1, -0.05) is 66.2 Å². The molecule has 0 aliphatic rings. The molecule has 128 valence electrons. The molecule has 0 aliphatic heterocycles. The van der Waals surface area contributed by atoms with Gasteiger partial charge >= 0.3 is 0 Å². The highest BCUT2D eigenvalue weighted by Crippen LogP contribution is 2.30. The molecule has 21 heavy (non-hydrogen) atoms. The summed E-state index contributed by atoms with van der Waals surface area (Å²) in [4.78, 5) is 0. The van der Waals surface area contributed by atoms with E-state index in [9.17, 15) is 0 Å². The van der Waals surface area contributed by atoms with Gasteiger partial charge in [0.15, 0.2) is 0 Å². The van der Waals surface area contributed by atoms with Crippen LogP contribution in [0.25, 0.3) is 0 Å². The minimum atomic E-state index is -0.852. The third-order valence-electron chi connectivity index (χ3n) is 3.89. The van der Waals surface area contributed by atoms with Crippen LogP contribution in [0.15, 0.2) is 0 Å². The summed E-state index contributed by atoms with van der Waals surface area (Å²) in [7, 11) is 1.70. The third-order valence-corrected chi connectivity index (χ3v) is 3.89. The van der Waals surface area contributed by atoms with Crippen LogP contribution < -0.4 is 0 Å². The van der Waals surface area contributed by atoms with Crippen LogP contribution in [0, 0.1) is 5.92 Å². The largest absolute Gasteiger partial charge is 0.331 e. The molecule has 1 unspecified atom stereocenters. The highest BCUT2D eigenvalue weighted by molar-refractivity contribution is 4.68. The molecular weight excluding hydrogens is 264 g/mol. The Bertz CT molecular complexity index is 211. The summed E-state index contributed by atoms with van der Waals surface area (Å²) in [5, 5.41) is 0. The molecule has 0 spiro atoms. The van der Waals surface area contributed by atoms with E-state index in [-0.39, 0.29) is 5.92 Å². The molecule has 0 aliphatic carbocycles. The lowest BCUT2D eigenvalue weighted by Gasteiger charge is -2.37. The SMILES string of the molecule is CCCCCCCCC(C)C(OC)(OCCC)OCCC. The number of hydrogen-bond donors (Lipinski definition) is 0. The van der Waals surface area contributed by atoms with Gasteiger partial charge in [0, 0.05) is 13.0 Å². The molecule has 3 heteroatoms. The smallest absolute Gasteiger partial charge is 0.285 e. The van der Waals surface area contributed by atoms with Crippen LogP contribution in [-0.2, 0) is 14.2 Å². The Hall–Kier alpha value is -0.120. The van der Waals surface area contributed by atoms with Crippen molar-refractivity contribution in [1.29, 1.82) is 0 Å². The fourth-order valence-corrected chi connectivity index (χ4v) is 2.54. The van der Waals surface area contributed by atoms with Crippen molar-refractivity contribution in [1.82, 2.24) is 0 Å². The van der Waals surface area contributed by atoms with Gasteiger partial charge in [0.2, 0.25) is 0 Å². The second kappa shape index (κ2) is 13.5. The number of rotatable bonds is 15. The highest BCUT2D eigenvalue weighted by atomic mass is 16.9. The van der Waals surface area contributed by atoms with Gasteiger partial charge in [0.05, 0.1) is 13.2 Å². The first-order valence-electron chi connectivity index (χ1n) is 8.99. The molecular formula is C18H38O3. The van der Waals surface area contributed by atoms with E-state index in [1.807, 2.05) is 0 Å². The van der Waals surface area contributed by atoms with Gasteiger partial charge in [-0.15, -0.1) is 0 Å². The molecule has 0 saturated heterocycles. The van der Waals surface area contributed by atoms with Crippen molar-refractivity contribution in [3.63, 3.8) is 0 Å². The van der Waals surface area contributed by atoms with E-state index in [0.717, 1.165) is 19.3 Å². The van der Waals surface area contributed by atoms with E-state index >= 15 is 0 Å². The predicted octanol–water partition coefficient (Wildman–Crippen LogP) is 5.53. The van der Waals surface area contributed by atoms with Crippen molar-refractivity contribution in [3.8, 4) is 0 Å². The van der Waals surface area contributed by atoms with Crippen molar-refractivity contribution in [2.45, 2.75) is 91.5 Å². The minimum absolute atomic E-state index is 0.256. The van der Waals surface area contributed by atoms with Gasteiger partial charge < -0.3 is 14.2 Å². The Morgan fingerprint density at radius 3 is 1.76 bits per heavy atom. The molecule has 0 aromatic rings. The summed E-state index contributed by atoms with van der Waals surface area (Å²) in [5.41, 5.74) is 0. The van der Waals surface area contributed by atoms with Gasteiger partial charge in [-0.3, -0.25) is 0 Å². The lowest BCUT2D eigenvalue weighted by Crippen LogP contribution is -2.45. The van der Waals surface area contributed by atoms with Crippen LogP contribution in [0.4, 0.5) is 0 Å². The van der Waals surface area contributed by atoms with Crippen LogP contribution >= 0.6 is 0 Å². The highest BCUT2D eigenvalue weighted by Gasteiger charge is 2.38. The molecule has 0 saturated carbocycles. The minimum Gasteiger partial charge on any atom is -0.331 e. The van der Waals surface area contributed by atoms with Crippen molar-refractivity contribution in [3.05, 3.63) is 0 Å². The fraction of sp³-hybridized carbons (Fsp3) is 1.00. The van der Waals surface area contributed by atoms with Gasteiger partial charge in [-0.05, 0) is 19.3 Å².